The Kier molecular flexibility index (Phi) is 7.44. The Bertz CT molecular complexity index is 1130. The standard InChI is InChI=1S/C30H27NO2/c32-29(26-14-8-3-9-15-26)27-16-18-28(19-17-27)30(33)31(22-20-24-10-4-1-5-11-24)23-21-25-12-6-2-7-13-25/h1-19H,20-23H2. The quantitative estimate of drug-likeness (QED) is 0.311. The number of hydrogen-bond donors (Lipinski definition) is 0. The number of amides is 1. The van der Waals surface area contributed by atoms with Crippen LogP contribution in [0.1, 0.15) is 37.4 Å². The van der Waals surface area contributed by atoms with Crippen molar-refractivity contribution in [2.24, 2.45) is 0 Å². The van der Waals surface area contributed by atoms with Crippen LogP contribution in [0.4, 0.5) is 0 Å². The van der Waals surface area contributed by atoms with Crippen molar-refractivity contribution in [2.75, 3.05) is 13.1 Å². The first kappa shape index (κ1) is 22.2. The lowest BCUT2D eigenvalue weighted by atomic mass is 10.0. The molecule has 0 aliphatic rings. The largest absolute Gasteiger partial charge is 0.338 e. The number of rotatable bonds is 9. The van der Waals surface area contributed by atoms with Gasteiger partial charge in [0.2, 0.25) is 0 Å². The number of hydrogen-bond acceptors (Lipinski definition) is 2. The van der Waals surface area contributed by atoms with E-state index in [0.717, 1.165) is 12.8 Å². The minimum atomic E-state index is -0.0420. The normalized spacial score (nSPS) is 10.5. The smallest absolute Gasteiger partial charge is 0.253 e. The molecule has 0 N–H and O–H groups in total. The average molecular weight is 434 g/mol. The lowest BCUT2D eigenvalue weighted by Gasteiger charge is -2.23. The molecule has 1 amide bonds. The van der Waals surface area contributed by atoms with Crippen LogP contribution in [-0.2, 0) is 12.8 Å². The summed E-state index contributed by atoms with van der Waals surface area (Å²) in [4.78, 5) is 28.0. The van der Waals surface area contributed by atoms with Crippen molar-refractivity contribution < 1.29 is 9.59 Å². The molecule has 0 unspecified atom stereocenters. The highest BCUT2D eigenvalue weighted by Gasteiger charge is 2.17. The van der Waals surface area contributed by atoms with Crippen LogP contribution in [-0.4, -0.2) is 29.7 Å². The molecule has 33 heavy (non-hydrogen) atoms. The minimum absolute atomic E-state index is 0.0134. The first-order valence-corrected chi connectivity index (χ1v) is 11.3. The molecule has 0 aliphatic carbocycles. The fraction of sp³-hybridized carbons (Fsp3) is 0.133. The predicted molar refractivity (Wildman–Crippen MR) is 133 cm³/mol. The van der Waals surface area contributed by atoms with Gasteiger partial charge in [0.1, 0.15) is 0 Å². The Morgan fingerprint density at radius 1 is 0.485 bits per heavy atom. The van der Waals surface area contributed by atoms with Crippen LogP contribution < -0.4 is 0 Å². The molecule has 3 nitrogen and oxygen atoms in total. The molecular weight excluding hydrogens is 406 g/mol. The van der Waals surface area contributed by atoms with E-state index in [0.29, 0.717) is 29.8 Å². The van der Waals surface area contributed by atoms with E-state index in [1.165, 1.54) is 11.1 Å². The van der Waals surface area contributed by atoms with E-state index in [-0.39, 0.29) is 11.7 Å². The predicted octanol–water partition coefficient (Wildman–Crippen LogP) is 5.85. The summed E-state index contributed by atoms with van der Waals surface area (Å²) in [5.41, 5.74) is 4.24. The van der Waals surface area contributed by atoms with Crippen molar-refractivity contribution in [3.05, 3.63) is 143 Å². The molecule has 0 atom stereocenters. The van der Waals surface area contributed by atoms with Crippen LogP contribution >= 0.6 is 0 Å². The Morgan fingerprint density at radius 3 is 1.36 bits per heavy atom. The van der Waals surface area contributed by atoms with Gasteiger partial charge in [0.05, 0.1) is 0 Å². The number of ketones is 1. The Hall–Kier alpha value is -3.98. The first-order chi connectivity index (χ1) is 16.2. The van der Waals surface area contributed by atoms with Crippen LogP contribution in [0.2, 0.25) is 0 Å². The van der Waals surface area contributed by atoms with E-state index in [4.69, 9.17) is 0 Å². The summed E-state index contributed by atoms with van der Waals surface area (Å²) in [5, 5.41) is 0. The Morgan fingerprint density at radius 2 is 0.879 bits per heavy atom. The summed E-state index contributed by atoms with van der Waals surface area (Å²) in [6.45, 7) is 1.28. The van der Waals surface area contributed by atoms with E-state index in [9.17, 15) is 9.59 Å². The Balaban J connectivity index is 1.48. The molecule has 4 rings (SSSR count). The number of benzene rings is 4. The van der Waals surface area contributed by atoms with Crippen LogP contribution in [0, 0.1) is 0 Å². The van der Waals surface area contributed by atoms with Gasteiger partial charge in [-0.1, -0.05) is 103 Å². The first-order valence-electron chi connectivity index (χ1n) is 11.3. The maximum absolute atomic E-state index is 13.4. The molecule has 0 spiro atoms. The van der Waals surface area contributed by atoms with Crippen LogP contribution in [0.5, 0.6) is 0 Å². The molecule has 4 aromatic rings. The molecule has 164 valence electrons. The molecule has 0 saturated heterocycles. The SMILES string of the molecule is O=C(c1ccccc1)c1ccc(C(=O)N(CCc2ccccc2)CCc2ccccc2)cc1. The van der Waals surface area contributed by atoms with E-state index < -0.39 is 0 Å². The van der Waals surface area contributed by atoms with Gasteiger partial charge in [-0.15, -0.1) is 0 Å². The van der Waals surface area contributed by atoms with Crippen molar-refractivity contribution in [3.8, 4) is 0 Å². The third-order valence-corrected chi connectivity index (χ3v) is 5.74. The summed E-state index contributed by atoms with van der Waals surface area (Å²) in [7, 11) is 0. The number of carbonyl (C=O) groups excluding carboxylic acids is 2. The fourth-order valence-electron chi connectivity index (χ4n) is 3.84. The second kappa shape index (κ2) is 11.1. The lowest BCUT2D eigenvalue weighted by Crippen LogP contribution is -2.34. The van der Waals surface area contributed by atoms with Gasteiger partial charge >= 0.3 is 0 Å². The second-order valence-corrected chi connectivity index (χ2v) is 8.04. The molecule has 0 fully saturated rings. The van der Waals surface area contributed by atoms with Crippen molar-refractivity contribution in [1.29, 1.82) is 0 Å². The topological polar surface area (TPSA) is 37.4 Å². The van der Waals surface area contributed by atoms with Gasteiger partial charge in [0.25, 0.3) is 5.91 Å². The molecule has 4 aromatic carbocycles. The van der Waals surface area contributed by atoms with Gasteiger partial charge in [-0.2, -0.15) is 0 Å². The van der Waals surface area contributed by atoms with E-state index in [1.807, 2.05) is 59.5 Å². The van der Waals surface area contributed by atoms with Gasteiger partial charge < -0.3 is 4.90 Å². The third kappa shape index (κ3) is 6.05. The van der Waals surface area contributed by atoms with Gasteiger partial charge in [0, 0.05) is 29.8 Å². The molecule has 0 aliphatic heterocycles. The van der Waals surface area contributed by atoms with Crippen molar-refractivity contribution in [3.63, 3.8) is 0 Å². The summed E-state index contributed by atoms with van der Waals surface area (Å²) in [6.07, 6.45) is 1.60. The summed E-state index contributed by atoms with van der Waals surface area (Å²) >= 11 is 0. The van der Waals surface area contributed by atoms with Gasteiger partial charge in [0.15, 0.2) is 5.78 Å². The lowest BCUT2D eigenvalue weighted by molar-refractivity contribution is 0.0758. The molecule has 0 aromatic heterocycles. The van der Waals surface area contributed by atoms with E-state index >= 15 is 0 Å². The highest BCUT2D eigenvalue weighted by molar-refractivity contribution is 6.09. The van der Waals surface area contributed by atoms with E-state index in [1.54, 1.807) is 36.4 Å². The maximum atomic E-state index is 13.4. The highest BCUT2D eigenvalue weighted by Crippen LogP contribution is 2.14. The maximum Gasteiger partial charge on any atom is 0.253 e. The molecule has 3 heteroatoms. The van der Waals surface area contributed by atoms with Gasteiger partial charge in [-0.05, 0) is 36.1 Å². The molecule has 0 heterocycles. The molecule has 0 saturated carbocycles. The molecule has 0 radical (unpaired) electrons. The fourth-order valence-corrected chi connectivity index (χ4v) is 3.84. The van der Waals surface area contributed by atoms with Gasteiger partial charge in [-0.3, -0.25) is 9.59 Å². The van der Waals surface area contributed by atoms with Crippen LogP contribution in [0.15, 0.2) is 115 Å². The average Bonchev–Trinajstić information content (AvgIpc) is 2.90. The zero-order valence-electron chi connectivity index (χ0n) is 18.6. The number of carbonyl (C=O) groups is 2. The monoisotopic (exact) mass is 433 g/mol. The van der Waals surface area contributed by atoms with E-state index in [2.05, 4.69) is 24.3 Å². The van der Waals surface area contributed by atoms with Crippen LogP contribution in [0.25, 0.3) is 0 Å². The van der Waals surface area contributed by atoms with Crippen molar-refractivity contribution in [1.82, 2.24) is 4.90 Å². The second-order valence-electron chi connectivity index (χ2n) is 8.04. The van der Waals surface area contributed by atoms with Crippen LogP contribution in [0.3, 0.4) is 0 Å². The van der Waals surface area contributed by atoms with Gasteiger partial charge in [-0.25, -0.2) is 0 Å². The zero-order chi connectivity index (χ0) is 22.9. The van der Waals surface area contributed by atoms with Crippen molar-refractivity contribution >= 4 is 11.7 Å². The third-order valence-electron chi connectivity index (χ3n) is 5.74. The minimum Gasteiger partial charge on any atom is -0.338 e. The molecule has 0 bridgehead atoms. The zero-order valence-corrected chi connectivity index (χ0v) is 18.6. The van der Waals surface area contributed by atoms with Crippen molar-refractivity contribution in [2.45, 2.75) is 12.8 Å². The molecular formula is C30H27NO2. The summed E-state index contributed by atoms with van der Waals surface area (Å²) in [6, 6.07) is 36.6. The highest BCUT2D eigenvalue weighted by atomic mass is 16.2. The summed E-state index contributed by atoms with van der Waals surface area (Å²) in [5.74, 6) is -0.0554. The summed E-state index contributed by atoms with van der Waals surface area (Å²) < 4.78 is 0. The Labute approximate surface area is 195 Å². The number of nitrogens with zero attached hydrogens (tertiary/aromatic N) is 1.